The van der Waals surface area contributed by atoms with Gasteiger partial charge in [0.1, 0.15) is 5.82 Å². The smallest absolute Gasteiger partial charge is 0.270 e. The van der Waals surface area contributed by atoms with Crippen molar-refractivity contribution >= 4 is 27.5 Å². The Labute approximate surface area is 163 Å². The molecule has 1 aliphatic heterocycles. The first-order chi connectivity index (χ1) is 13.3. The summed E-state index contributed by atoms with van der Waals surface area (Å²) in [6.07, 6.45) is 2.29. The van der Waals surface area contributed by atoms with E-state index in [2.05, 4.69) is 24.9 Å². The van der Waals surface area contributed by atoms with Crippen molar-refractivity contribution in [1.29, 1.82) is 0 Å². The van der Waals surface area contributed by atoms with Crippen LogP contribution >= 0.6 is 0 Å². The first-order valence-electron chi connectivity index (χ1n) is 8.94. The number of sulfonamides is 1. The SMILES string of the molecule is Cc1cc(N2CCCC2)nc(NCCNS(=O)(=O)c2cccc([N+](=O)[O-])c2)n1. The highest BCUT2D eigenvalue weighted by molar-refractivity contribution is 7.89. The molecule has 2 heterocycles. The van der Waals surface area contributed by atoms with Crippen LogP contribution in [0.1, 0.15) is 18.5 Å². The molecular formula is C17H22N6O4S. The summed E-state index contributed by atoms with van der Waals surface area (Å²) in [7, 11) is -3.84. The number of non-ortho nitro benzene ring substituents is 1. The molecule has 28 heavy (non-hydrogen) atoms. The van der Waals surface area contributed by atoms with Crippen LogP contribution in [0, 0.1) is 17.0 Å². The monoisotopic (exact) mass is 406 g/mol. The van der Waals surface area contributed by atoms with Crippen LogP contribution in [0.25, 0.3) is 0 Å². The minimum Gasteiger partial charge on any atom is -0.356 e. The van der Waals surface area contributed by atoms with E-state index in [1.54, 1.807) is 0 Å². The number of nitrogens with one attached hydrogen (secondary N) is 2. The van der Waals surface area contributed by atoms with Gasteiger partial charge in [-0.25, -0.2) is 18.1 Å². The number of rotatable bonds is 8. The number of nitrogens with zero attached hydrogens (tertiary/aromatic N) is 4. The minimum absolute atomic E-state index is 0.0847. The van der Waals surface area contributed by atoms with E-state index >= 15 is 0 Å². The summed E-state index contributed by atoms with van der Waals surface area (Å²) in [6, 6.07) is 6.86. The maximum atomic E-state index is 12.3. The molecule has 1 fully saturated rings. The summed E-state index contributed by atoms with van der Waals surface area (Å²) in [5, 5.41) is 13.8. The zero-order valence-corrected chi connectivity index (χ0v) is 16.3. The maximum Gasteiger partial charge on any atom is 0.270 e. The average molecular weight is 406 g/mol. The molecule has 0 spiro atoms. The first kappa shape index (κ1) is 20.0. The third kappa shape index (κ3) is 4.93. The summed E-state index contributed by atoms with van der Waals surface area (Å²) in [6.45, 7) is 4.19. The number of aromatic nitrogens is 2. The molecule has 2 N–H and O–H groups in total. The Kier molecular flexibility index (Phi) is 6.05. The fourth-order valence-electron chi connectivity index (χ4n) is 2.95. The number of anilines is 2. The molecule has 0 unspecified atom stereocenters. The molecule has 10 nitrogen and oxygen atoms in total. The van der Waals surface area contributed by atoms with E-state index < -0.39 is 14.9 Å². The van der Waals surface area contributed by atoms with Gasteiger partial charge >= 0.3 is 0 Å². The fourth-order valence-corrected chi connectivity index (χ4v) is 4.02. The zero-order chi connectivity index (χ0) is 20.1. The molecule has 1 aromatic carbocycles. The Hall–Kier alpha value is -2.79. The van der Waals surface area contributed by atoms with Gasteiger partial charge in [0.05, 0.1) is 9.82 Å². The van der Waals surface area contributed by atoms with Crippen molar-refractivity contribution in [3.63, 3.8) is 0 Å². The Morgan fingerprint density at radius 2 is 1.93 bits per heavy atom. The molecule has 1 aliphatic rings. The minimum atomic E-state index is -3.84. The Morgan fingerprint density at radius 3 is 2.64 bits per heavy atom. The average Bonchev–Trinajstić information content (AvgIpc) is 3.20. The number of nitro benzene ring substituents is 1. The van der Waals surface area contributed by atoms with Crippen LogP contribution in [-0.2, 0) is 10.0 Å². The van der Waals surface area contributed by atoms with E-state index in [1.807, 2.05) is 13.0 Å². The molecule has 1 saturated heterocycles. The van der Waals surface area contributed by atoms with Gasteiger partial charge in [0.2, 0.25) is 16.0 Å². The molecule has 0 saturated carbocycles. The molecule has 3 rings (SSSR count). The highest BCUT2D eigenvalue weighted by Gasteiger charge is 2.17. The summed E-state index contributed by atoms with van der Waals surface area (Å²) < 4.78 is 27.0. The van der Waals surface area contributed by atoms with Crippen LogP contribution in [-0.4, -0.2) is 49.5 Å². The van der Waals surface area contributed by atoms with Gasteiger partial charge in [-0.05, 0) is 25.8 Å². The standard InChI is InChI=1S/C17H22N6O4S/c1-13-11-16(22-9-2-3-10-22)21-17(20-13)18-7-8-19-28(26,27)15-6-4-5-14(12-15)23(24)25/h4-6,11-12,19H,2-3,7-10H2,1H3,(H,18,20,21). The molecule has 150 valence electrons. The van der Waals surface area contributed by atoms with Crippen LogP contribution in [0.5, 0.6) is 0 Å². The fraction of sp³-hybridized carbons (Fsp3) is 0.412. The predicted octanol–water partition coefficient (Wildman–Crippen LogP) is 1.68. The van der Waals surface area contributed by atoms with Gasteiger partial charge in [-0.3, -0.25) is 10.1 Å². The second-order valence-electron chi connectivity index (χ2n) is 6.46. The molecule has 0 bridgehead atoms. The molecule has 2 aromatic rings. The van der Waals surface area contributed by atoms with Crippen LogP contribution in [0.15, 0.2) is 35.2 Å². The van der Waals surface area contributed by atoms with E-state index in [1.165, 1.54) is 18.2 Å². The summed E-state index contributed by atoms with van der Waals surface area (Å²) >= 11 is 0. The number of aryl methyl sites for hydroxylation is 1. The van der Waals surface area contributed by atoms with Crippen molar-refractivity contribution in [3.8, 4) is 0 Å². The van der Waals surface area contributed by atoms with Gasteiger partial charge in [0, 0.05) is 50.1 Å². The van der Waals surface area contributed by atoms with Crippen molar-refractivity contribution in [2.45, 2.75) is 24.7 Å². The summed E-state index contributed by atoms with van der Waals surface area (Å²) in [5.74, 6) is 1.31. The van der Waals surface area contributed by atoms with E-state index in [4.69, 9.17) is 0 Å². The quantitative estimate of drug-likeness (QED) is 0.385. The van der Waals surface area contributed by atoms with Gasteiger partial charge in [0.15, 0.2) is 0 Å². The summed E-state index contributed by atoms with van der Waals surface area (Å²) in [4.78, 5) is 21.0. The van der Waals surface area contributed by atoms with Crippen LogP contribution in [0.3, 0.4) is 0 Å². The molecule has 0 radical (unpaired) electrons. The molecule has 0 atom stereocenters. The van der Waals surface area contributed by atoms with E-state index in [-0.39, 0.29) is 23.7 Å². The Balaban J connectivity index is 1.58. The van der Waals surface area contributed by atoms with Gasteiger partial charge in [0.25, 0.3) is 5.69 Å². The van der Waals surface area contributed by atoms with Crippen molar-refractivity contribution in [2.24, 2.45) is 0 Å². The van der Waals surface area contributed by atoms with Crippen LogP contribution in [0.4, 0.5) is 17.5 Å². The van der Waals surface area contributed by atoms with Gasteiger partial charge in [-0.1, -0.05) is 6.07 Å². The van der Waals surface area contributed by atoms with Crippen LogP contribution < -0.4 is 14.9 Å². The van der Waals surface area contributed by atoms with Crippen molar-refractivity contribution in [1.82, 2.24) is 14.7 Å². The number of hydrogen-bond acceptors (Lipinski definition) is 8. The lowest BCUT2D eigenvalue weighted by Gasteiger charge is -2.17. The van der Waals surface area contributed by atoms with Crippen molar-refractivity contribution in [3.05, 3.63) is 46.1 Å². The molecular weight excluding hydrogens is 384 g/mol. The largest absolute Gasteiger partial charge is 0.356 e. The highest BCUT2D eigenvalue weighted by Crippen LogP contribution is 2.20. The first-order valence-corrected chi connectivity index (χ1v) is 10.4. The number of hydrogen-bond donors (Lipinski definition) is 2. The second-order valence-corrected chi connectivity index (χ2v) is 8.23. The Morgan fingerprint density at radius 1 is 1.18 bits per heavy atom. The second kappa shape index (κ2) is 8.48. The lowest BCUT2D eigenvalue weighted by Crippen LogP contribution is -2.29. The van der Waals surface area contributed by atoms with Crippen LogP contribution in [0.2, 0.25) is 0 Å². The molecule has 11 heteroatoms. The van der Waals surface area contributed by atoms with Gasteiger partial charge in [-0.15, -0.1) is 0 Å². The van der Waals surface area contributed by atoms with Crippen molar-refractivity contribution < 1.29 is 13.3 Å². The maximum absolute atomic E-state index is 12.3. The lowest BCUT2D eigenvalue weighted by molar-refractivity contribution is -0.385. The van der Waals surface area contributed by atoms with Gasteiger partial charge in [-0.2, -0.15) is 4.98 Å². The topological polar surface area (TPSA) is 130 Å². The molecule has 1 aromatic heterocycles. The lowest BCUT2D eigenvalue weighted by atomic mass is 10.3. The Bertz CT molecular complexity index is 960. The van der Waals surface area contributed by atoms with E-state index in [0.717, 1.165) is 43.5 Å². The van der Waals surface area contributed by atoms with E-state index in [0.29, 0.717) is 5.95 Å². The number of nitro groups is 1. The predicted molar refractivity (Wildman–Crippen MR) is 105 cm³/mol. The highest BCUT2D eigenvalue weighted by atomic mass is 32.2. The third-order valence-corrected chi connectivity index (χ3v) is 5.77. The van der Waals surface area contributed by atoms with Crippen molar-refractivity contribution in [2.75, 3.05) is 36.4 Å². The van der Waals surface area contributed by atoms with Gasteiger partial charge < -0.3 is 10.2 Å². The summed E-state index contributed by atoms with van der Waals surface area (Å²) in [5.41, 5.74) is 0.556. The molecule has 0 amide bonds. The normalized spacial score (nSPS) is 14.2. The third-order valence-electron chi connectivity index (χ3n) is 4.31. The number of benzene rings is 1. The van der Waals surface area contributed by atoms with E-state index in [9.17, 15) is 18.5 Å². The zero-order valence-electron chi connectivity index (χ0n) is 15.5. The molecule has 0 aliphatic carbocycles.